The zero-order valence-electron chi connectivity index (χ0n) is 17.9. The number of hydrogen-bond donors (Lipinski definition) is 2. The van der Waals surface area contributed by atoms with Gasteiger partial charge in [-0.1, -0.05) is 6.07 Å². The van der Waals surface area contributed by atoms with Crippen LogP contribution in [0.3, 0.4) is 0 Å². The molecular weight excluding hydrogens is 467 g/mol. The van der Waals surface area contributed by atoms with E-state index < -0.39 is 0 Å². The normalized spacial score (nSPS) is 12.5. The third-order valence-corrected chi connectivity index (χ3v) is 4.39. The van der Waals surface area contributed by atoms with E-state index in [-0.39, 0.29) is 36.1 Å². The molecule has 0 radical (unpaired) electrons. The highest BCUT2D eigenvalue weighted by atomic mass is 127. The van der Waals surface area contributed by atoms with Crippen LogP contribution in [0.25, 0.3) is 0 Å². The minimum atomic E-state index is 0. The Balaban J connectivity index is 0.00000392. The van der Waals surface area contributed by atoms with Crippen molar-refractivity contribution in [2.24, 2.45) is 12.0 Å². The van der Waals surface area contributed by atoms with E-state index in [0.717, 1.165) is 23.6 Å². The van der Waals surface area contributed by atoms with E-state index in [9.17, 15) is 0 Å². The molecule has 0 saturated carbocycles. The monoisotopic (exact) mass is 500 g/mol. The number of aryl methyl sites for hydroxylation is 2. The topological polar surface area (TPSA) is 76.4 Å². The quantitative estimate of drug-likeness (QED) is 0.347. The van der Waals surface area contributed by atoms with E-state index in [4.69, 9.17) is 4.74 Å². The van der Waals surface area contributed by atoms with Crippen molar-refractivity contribution in [3.05, 3.63) is 40.8 Å². The largest absolute Gasteiger partial charge is 0.475 e. The second-order valence-electron chi connectivity index (χ2n) is 7.12. The molecule has 0 aliphatic carbocycles. The molecule has 0 spiro atoms. The van der Waals surface area contributed by atoms with Gasteiger partial charge in [0.2, 0.25) is 5.88 Å². The lowest BCUT2D eigenvalue weighted by Gasteiger charge is -2.18. The molecule has 0 bridgehead atoms. The molecule has 0 saturated heterocycles. The number of pyridine rings is 1. The van der Waals surface area contributed by atoms with E-state index in [1.54, 1.807) is 7.05 Å². The van der Waals surface area contributed by atoms with Crippen molar-refractivity contribution in [1.82, 2.24) is 25.4 Å². The maximum atomic E-state index is 5.57. The van der Waals surface area contributed by atoms with Crippen molar-refractivity contribution in [3.63, 3.8) is 0 Å². The van der Waals surface area contributed by atoms with Crippen molar-refractivity contribution in [3.8, 4) is 5.88 Å². The molecule has 2 aromatic rings. The highest BCUT2D eigenvalue weighted by Crippen LogP contribution is 2.14. The maximum absolute atomic E-state index is 5.57. The van der Waals surface area contributed by atoms with Gasteiger partial charge < -0.3 is 15.4 Å². The first-order chi connectivity index (χ1) is 12.8. The predicted octanol–water partition coefficient (Wildman–Crippen LogP) is 3.13. The molecule has 28 heavy (non-hydrogen) atoms. The first-order valence-corrected chi connectivity index (χ1v) is 9.38. The standard InChI is InChI=1S/C20H32N6O.HI/c1-13(2)27-19-9-8-17(11-22-19)12-23-20(21-6)24-14(3)10-18-15(4)25-26(7)16(18)5;/h8-9,11,13-14H,10,12H2,1-7H3,(H2,21,23,24);1H. The Morgan fingerprint density at radius 2 is 1.96 bits per heavy atom. The lowest BCUT2D eigenvalue weighted by molar-refractivity contribution is 0.232. The second-order valence-corrected chi connectivity index (χ2v) is 7.12. The van der Waals surface area contributed by atoms with E-state index in [1.165, 1.54) is 11.3 Å². The van der Waals surface area contributed by atoms with Crippen LogP contribution in [0.4, 0.5) is 0 Å². The number of aliphatic imine (C=N–C) groups is 1. The second kappa shape index (κ2) is 11.2. The summed E-state index contributed by atoms with van der Waals surface area (Å²) in [6, 6.07) is 4.14. The molecule has 8 heteroatoms. The zero-order chi connectivity index (χ0) is 20.0. The molecule has 2 aromatic heterocycles. The Bertz CT molecular complexity index is 770. The SMILES string of the molecule is CN=C(NCc1ccc(OC(C)C)nc1)NC(C)Cc1c(C)nn(C)c1C.I. The number of aromatic nitrogens is 3. The Morgan fingerprint density at radius 3 is 2.46 bits per heavy atom. The van der Waals surface area contributed by atoms with Crippen LogP contribution in [0.2, 0.25) is 0 Å². The predicted molar refractivity (Wildman–Crippen MR) is 125 cm³/mol. The lowest BCUT2D eigenvalue weighted by Crippen LogP contribution is -2.42. The lowest BCUT2D eigenvalue weighted by atomic mass is 10.1. The van der Waals surface area contributed by atoms with Gasteiger partial charge in [0, 0.05) is 44.6 Å². The maximum Gasteiger partial charge on any atom is 0.213 e. The van der Waals surface area contributed by atoms with Crippen molar-refractivity contribution in [2.45, 2.75) is 59.7 Å². The van der Waals surface area contributed by atoms with Crippen LogP contribution in [-0.2, 0) is 20.0 Å². The van der Waals surface area contributed by atoms with Crippen LogP contribution in [0.15, 0.2) is 23.3 Å². The minimum absolute atomic E-state index is 0. The van der Waals surface area contributed by atoms with Crippen LogP contribution >= 0.6 is 24.0 Å². The fraction of sp³-hybridized carbons (Fsp3) is 0.550. The average Bonchev–Trinajstić information content (AvgIpc) is 2.85. The highest BCUT2D eigenvalue weighted by Gasteiger charge is 2.14. The molecule has 1 atom stereocenters. The number of nitrogens with zero attached hydrogens (tertiary/aromatic N) is 4. The smallest absolute Gasteiger partial charge is 0.213 e. The number of halogens is 1. The summed E-state index contributed by atoms with van der Waals surface area (Å²) in [4.78, 5) is 8.65. The summed E-state index contributed by atoms with van der Waals surface area (Å²) in [7, 11) is 3.76. The Hall–Kier alpha value is -1.84. The molecule has 2 rings (SSSR count). The van der Waals surface area contributed by atoms with Crippen LogP contribution in [0, 0.1) is 13.8 Å². The van der Waals surface area contributed by atoms with Gasteiger partial charge in [0.1, 0.15) is 0 Å². The summed E-state index contributed by atoms with van der Waals surface area (Å²) in [5, 5.41) is 11.3. The number of guanidine groups is 1. The zero-order valence-corrected chi connectivity index (χ0v) is 20.2. The van der Waals surface area contributed by atoms with E-state index >= 15 is 0 Å². The summed E-state index contributed by atoms with van der Waals surface area (Å²) >= 11 is 0. The molecule has 0 fully saturated rings. The number of nitrogens with one attached hydrogen (secondary N) is 2. The Kier molecular flexibility index (Phi) is 9.71. The number of rotatable bonds is 7. The van der Waals surface area contributed by atoms with Crippen molar-refractivity contribution >= 4 is 29.9 Å². The van der Waals surface area contributed by atoms with Crippen LogP contribution in [0.5, 0.6) is 5.88 Å². The summed E-state index contributed by atoms with van der Waals surface area (Å²) < 4.78 is 7.51. The molecule has 0 aliphatic rings. The Labute approximate surface area is 185 Å². The van der Waals surface area contributed by atoms with Crippen molar-refractivity contribution < 1.29 is 4.74 Å². The molecule has 1 unspecified atom stereocenters. The third-order valence-electron chi connectivity index (χ3n) is 4.39. The number of hydrogen-bond acceptors (Lipinski definition) is 4. The van der Waals surface area contributed by atoms with Gasteiger partial charge in [-0.15, -0.1) is 24.0 Å². The summed E-state index contributed by atoms with van der Waals surface area (Å²) in [5.41, 5.74) is 4.65. The van der Waals surface area contributed by atoms with E-state index in [2.05, 4.69) is 46.5 Å². The Morgan fingerprint density at radius 1 is 1.25 bits per heavy atom. The fourth-order valence-electron chi connectivity index (χ4n) is 2.91. The molecule has 0 aromatic carbocycles. The van der Waals surface area contributed by atoms with Crippen LogP contribution in [0.1, 0.15) is 43.3 Å². The van der Waals surface area contributed by atoms with Gasteiger partial charge in [-0.05, 0) is 52.2 Å². The molecule has 2 N–H and O–H groups in total. The molecular formula is C20H33IN6O. The molecule has 156 valence electrons. The van der Waals surface area contributed by atoms with Gasteiger partial charge in [0.25, 0.3) is 0 Å². The molecule has 0 aliphatic heterocycles. The van der Waals surface area contributed by atoms with Gasteiger partial charge in [0.05, 0.1) is 11.8 Å². The summed E-state index contributed by atoms with van der Waals surface area (Å²) in [6.45, 7) is 10.9. The van der Waals surface area contributed by atoms with Crippen molar-refractivity contribution in [1.29, 1.82) is 0 Å². The van der Waals surface area contributed by atoms with E-state index in [0.29, 0.717) is 12.4 Å². The summed E-state index contributed by atoms with van der Waals surface area (Å²) in [6.07, 6.45) is 2.84. The fourth-order valence-corrected chi connectivity index (χ4v) is 2.91. The van der Waals surface area contributed by atoms with Gasteiger partial charge >= 0.3 is 0 Å². The van der Waals surface area contributed by atoms with E-state index in [1.807, 2.05) is 43.9 Å². The minimum Gasteiger partial charge on any atom is -0.475 e. The third kappa shape index (κ3) is 6.96. The first-order valence-electron chi connectivity index (χ1n) is 9.38. The van der Waals surface area contributed by atoms with Gasteiger partial charge in [0.15, 0.2) is 5.96 Å². The summed E-state index contributed by atoms with van der Waals surface area (Å²) in [5.74, 6) is 1.41. The first kappa shape index (κ1) is 24.2. The molecule has 2 heterocycles. The molecule has 0 amide bonds. The molecule has 7 nitrogen and oxygen atoms in total. The van der Waals surface area contributed by atoms with Gasteiger partial charge in [-0.2, -0.15) is 5.10 Å². The van der Waals surface area contributed by atoms with Crippen LogP contribution in [-0.4, -0.2) is 39.9 Å². The number of ether oxygens (including phenoxy) is 1. The van der Waals surface area contributed by atoms with Gasteiger partial charge in [-0.3, -0.25) is 9.67 Å². The van der Waals surface area contributed by atoms with Crippen LogP contribution < -0.4 is 15.4 Å². The van der Waals surface area contributed by atoms with Crippen molar-refractivity contribution in [2.75, 3.05) is 7.05 Å². The van der Waals surface area contributed by atoms with Gasteiger partial charge in [-0.25, -0.2) is 4.98 Å². The highest BCUT2D eigenvalue weighted by molar-refractivity contribution is 14.0. The average molecular weight is 500 g/mol.